The predicted octanol–water partition coefficient (Wildman–Crippen LogP) is 5.59. The van der Waals surface area contributed by atoms with Crippen molar-refractivity contribution < 1.29 is 19.4 Å². The van der Waals surface area contributed by atoms with Crippen LogP contribution < -0.4 is 10.1 Å². The standard InChI is InChI=1S/C24H23Cl2N3O4S/c1-24(2,26)33-17-5-3-4-15(9-17)20-10-27-22(34-20)21(30)28-19-7-6-14(8-18(19)25)11-29-12-16(13-29)23(31)32/h3-10,16H,11-13H2,1-2H3,(H,28,30)(H,31,32). The van der Waals surface area contributed by atoms with Crippen LogP contribution in [0.4, 0.5) is 5.69 Å². The molecule has 4 rings (SSSR count). The molecule has 2 aromatic carbocycles. The molecule has 1 saturated heterocycles. The molecule has 0 aliphatic carbocycles. The minimum absolute atomic E-state index is 0.305. The van der Waals surface area contributed by atoms with E-state index >= 15 is 0 Å². The van der Waals surface area contributed by atoms with Gasteiger partial charge in [-0.15, -0.1) is 11.3 Å². The van der Waals surface area contributed by atoms with E-state index in [1.54, 1.807) is 32.2 Å². The van der Waals surface area contributed by atoms with Crippen molar-refractivity contribution in [1.29, 1.82) is 0 Å². The highest BCUT2D eigenvalue weighted by Crippen LogP contribution is 2.32. The fourth-order valence-electron chi connectivity index (χ4n) is 3.55. The number of thiazole rings is 1. The van der Waals surface area contributed by atoms with Crippen LogP contribution in [0.3, 0.4) is 0 Å². The SMILES string of the molecule is CC(C)(Cl)Oc1cccc(-c2cnc(C(=O)Nc3ccc(CN4CC(C(=O)O)C4)cc3Cl)s2)c1. The Bertz CT molecular complexity index is 1220. The molecule has 0 saturated carbocycles. The predicted molar refractivity (Wildman–Crippen MR) is 134 cm³/mol. The second kappa shape index (κ2) is 9.92. The number of hydrogen-bond donors (Lipinski definition) is 2. The van der Waals surface area contributed by atoms with Crippen LogP contribution in [-0.4, -0.2) is 45.0 Å². The molecule has 3 aromatic rings. The van der Waals surface area contributed by atoms with E-state index in [0.29, 0.717) is 41.1 Å². The zero-order valence-corrected chi connectivity index (χ0v) is 20.9. The maximum Gasteiger partial charge on any atom is 0.309 e. The van der Waals surface area contributed by atoms with Crippen LogP contribution in [-0.2, 0) is 11.3 Å². The summed E-state index contributed by atoms with van der Waals surface area (Å²) in [6.45, 7) is 5.17. The Morgan fingerprint density at radius 2 is 2.03 bits per heavy atom. The smallest absolute Gasteiger partial charge is 0.309 e. The molecular formula is C24H23Cl2N3O4S. The Balaban J connectivity index is 1.39. The molecule has 1 aliphatic heterocycles. The molecule has 0 unspecified atom stereocenters. The average Bonchev–Trinajstić information content (AvgIpc) is 3.21. The third kappa shape index (κ3) is 6.07. The molecule has 1 fully saturated rings. The maximum absolute atomic E-state index is 12.8. The van der Waals surface area contributed by atoms with Crippen LogP contribution in [0.1, 0.15) is 29.2 Å². The highest BCUT2D eigenvalue weighted by Gasteiger charge is 2.32. The Morgan fingerprint density at radius 1 is 1.26 bits per heavy atom. The number of carboxylic acid groups (broad SMARTS) is 1. The molecule has 1 aromatic heterocycles. The van der Waals surface area contributed by atoms with E-state index in [2.05, 4.69) is 10.3 Å². The van der Waals surface area contributed by atoms with Crippen molar-refractivity contribution in [2.24, 2.45) is 5.92 Å². The van der Waals surface area contributed by atoms with Crippen LogP contribution in [0.5, 0.6) is 5.75 Å². The van der Waals surface area contributed by atoms with Gasteiger partial charge in [0, 0.05) is 25.8 Å². The highest BCUT2D eigenvalue weighted by atomic mass is 35.5. The zero-order valence-electron chi connectivity index (χ0n) is 18.5. The van der Waals surface area contributed by atoms with Gasteiger partial charge in [-0.05, 0) is 49.2 Å². The van der Waals surface area contributed by atoms with Gasteiger partial charge >= 0.3 is 5.97 Å². The van der Waals surface area contributed by atoms with Gasteiger partial charge < -0.3 is 15.2 Å². The number of amides is 1. The summed E-state index contributed by atoms with van der Waals surface area (Å²) in [5.74, 6) is -0.801. The van der Waals surface area contributed by atoms with Crippen molar-refractivity contribution >= 4 is 52.1 Å². The van der Waals surface area contributed by atoms with E-state index in [1.807, 2.05) is 35.2 Å². The van der Waals surface area contributed by atoms with Crippen molar-refractivity contribution in [3.63, 3.8) is 0 Å². The number of likely N-dealkylation sites (tertiary alicyclic amines) is 1. The van der Waals surface area contributed by atoms with Crippen molar-refractivity contribution in [2.75, 3.05) is 18.4 Å². The summed E-state index contributed by atoms with van der Waals surface area (Å²) in [6, 6.07) is 12.8. The monoisotopic (exact) mass is 519 g/mol. The first-order valence-corrected chi connectivity index (χ1v) is 12.1. The molecule has 1 amide bonds. The Kier molecular flexibility index (Phi) is 7.14. The number of alkyl halides is 1. The molecular weight excluding hydrogens is 497 g/mol. The van der Waals surface area contributed by atoms with Gasteiger partial charge in [0.05, 0.1) is 21.5 Å². The lowest BCUT2D eigenvalue weighted by atomic mass is 9.99. The molecule has 0 radical (unpaired) electrons. The maximum atomic E-state index is 12.8. The fraction of sp³-hybridized carbons (Fsp3) is 0.292. The number of aliphatic carboxylic acids is 1. The molecule has 34 heavy (non-hydrogen) atoms. The zero-order chi connectivity index (χ0) is 24.5. The molecule has 2 heterocycles. The van der Waals surface area contributed by atoms with E-state index in [4.69, 9.17) is 33.0 Å². The topological polar surface area (TPSA) is 91.8 Å². The molecule has 0 bridgehead atoms. The van der Waals surface area contributed by atoms with Gasteiger partial charge in [-0.1, -0.05) is 41.4 Å². The largest absolute Gasteiger partial charge is 0.481 e. The third-order valence-electron chi connectivity index (χ3n) is 5.17. The number of carboxylic acids is 1. The summed E-state index contributed by atoms with van der Waals surface area (Å²) in [5.41, 5.74) is 2.30. The number of aromatic nitrogens is 1. The van der Waals surface area contributed by atoms with Gasteiger partial charge in [0.15, 0.2) is 10.1 Å². The van der Waals surface area contributed by atoms with Crippen LogP contribution in [0.25, 0.3) is 10.4 Å². The number of carbonyl (C=O) groups is 2. The van der Waals surface area contributed by atoms with Gasteiger partial charge in [-0.3, -0.25) is 14.5 Å². The molecule has 1 aliphatic rings. The number of ether oxygens (including phenoxy) is 1. The molecule has 2 N–H and O–H groups in total. The van der Waals surface area contributed by atoms with Gasteiger partial charge in [-0.25, -0.2) is 4.98 Å². The summed E-state index contributed by atoms with van der Waals surface area (Å²) in [7, 11) is 0. The normalized spacial score (nSPS) is 14.5. The van der Waals surface area contributed by atoms with Gasteiger partial charge in [0.1, 0.15) is 5.75 Å². The second-order valence-corrected chi connectivity index (χ2v) is 10.9. The Morgan fingerprint density at radius 3 is 2.71 bits per heavy atom. The highest BCUT2D eigenvalue weighted by molar-refractivity contribution is 7.17. The summed E-state index contributed by atoms with van der Waals surface area (Å²) in [5, 5.41) is 11.7. The summed E-state index contributed by atoms with van der Waals surface area (Å²) < 4.78 is 5.70. The van der Waals surface area contributed by atoms with Crippen LogP contribution >= 0.6 is 34.5 Å². The summed E-state index contributed by atoms with van der Waals surface area (Å²) in [4.78, 5) is 30.8. The van der Waals surface area contributed by atoms with Crippen LogP contribution in [0.2, 0.25) is 5.02 Å². The number of nitrogens with zero attached hydrogens (tertiary/aromatic N) is 2. The van der Waals surface area contributed by atoms with Crippen molar-refractivity contribution in [3.8, 4) is 16.2 Å². The number of nitrogens with one attached hydrogen (secondary N) is 1. The molecule has 178 valence electrons. The van der Waals surface area contributed by atoms with Gasteiger partial charge in [0.25, 0.3) is 5.91 Å². The minimum Gasteiger partial charge on any atom is -0.481 e. The van der Waals surface area contributed by atoms with Crippen molar-refractivity contribution in [2.45, 2.75) is 25.5 Å². The van der Waals surface area contributed by atoms with Gasteiger partial charge in [0.2, 0.25) is 0 Å². The van der Waals surface area contributed by atoms with Crippen LogP contribution in [0.15, 0.2) is 48.7 Å². The Hall–Kier alpha value is -2.65. The lowest BCUT2D eigenvalue weighted by Gasteiger charge is -2.36. The molecule has 10 heteroatoms. The number of carbonyl (C=O) groups excluding carboxylic acids is 1. The Labute approximate surface area is 211 Å². The lowest BCUT2D eigenvalue weighted by Crippen LogP contribution is -2.49. The quantitative estimate of drug-likeness (QED) is 0.377. The molecule has 0 spiro atoms. The van der Waals surface area contributed by atoms with E-state index < -0.39 is 11.0 Å². The van der Waals surface area contributed by atoms with Gasteiger partial charge in [-0.2, -0.15) is 0 Å². The van der Waals surface area contributed by atoms with Crippen molar-refractivity contribution in [1.82, 2.24) is 9.88 Å². The first-order chi connectivity index (χ1) is 16.1. The number of benzene rings is 2. The first kappa shape index (κ1) is 24.5. The minimum atomic E-state index is -0.831. The number of rotatable bonds is 8. The number of hydrogen-bond acceptors (Lipinski definition) is 6. The lowest BCUT2D eigenvalue weighted by molar-refractivity contribution is -0.147. The average molecular weight is 520 g/mol. The summed E-state index contributed by atoms with van der Waals surface area (Å²) in [6.07, 6.45) is 1.65. The molecule has 7 nitrogen and oxygen atoms in total. The van der Waals surface area contributed by atoms with E-state index in [0.717, 1.165) is 16.0 Å². The second-order valence-electron chi connectivity index (χ2n) is 8.52. The van der Waals surface area contributed by atoms with Crippen molar-refractivity contribution in [3.05, 3.63) is 64.3 Å². The summed E-state index contributed by atoms with van der Waals surface area (Å²) >= 11 is 13.8. The first-order valence-electron chi connectivity index (χ1n) is 10.6. The van der Waals surface area contributed by atoms with E-state index in [1.165, 1.54) is 11.3 Å². The number of anilines is 1. The van der Waals surface area contributed by atoms with Crippen LogP contribution in [0, 0.1) is 5.92 Å². The van der Waals surface area contributed by atoms with E-state index in [-0.39, 0.29) is 11.8 Å². The fourth-order valence-corrected chi connectivity index (χ4v) is 4.70. The molecule has 0 atom stereocenters. The number of halogens is 2. The third-order valence-corrected chi connectivity index (χ3v) is 6.61. The van der Waals surface area contributed by atoms with E-state index in [9.17, 15) is 9.59 Å².